The molecule has 3 rings (SSSR count). The van der Waals surface area contributed by atoms with E-state index < -0.39 is 10.9 Å². The molecule has 0 bridgehead atoms. The van der Waals surface area contributed by atoms with Crippen molar-refractivity contribution >= 4 is 29.7 Å². The van der Waals surface area contributed by atoms with Crippen LogP contribution in [0.2, 0.25) is 0 Å². The largest absolute Gasteiger partial charge is 0.423 e. The number of anilines is 1. The predicted molar refractivity (Wildman–Crippen MR) is 85.2 cm³/mol. The minimum absolute atomic E-state index is 0.0407. The van der Waals surface area contributed by atoms with Gasteiger partial charge in [-0.05, 0) is 6.07 Å². The summed E-state index contributed by atoms with van der Waals surface area (Å²) in [6.45, 7) is 1.66. The third-order valence-electron chi connectivity index (χ3n) is 4.18. The zero-order valence-electron chi connectivity index (χ0n) is 13.3. The number of esters is 1. The van der Waals surface area contributed by atoms with E-state index in [0.29, 0.717) is 31.9 Å². The number of hydrogen-bond acceptors (Lipinski definition) is 7. The van der Waals surface area contributed by atoms with Gasteiger partial charge >= 0.3 is 5.97 Å². The average Bonchev–Trinajstić information content (AvgIpc) is 2.61. The van der Waals surface area contributed by atoms with E-state index in [0.717, 1.165) is 6.41 Å². The molecule has 25 heavy (non-hydrogen) atoms. The molecular weight excluding hydrogens is 332 g/mol. The Labute approximate surface area is 142 Å². The van der Waals surface area contributed by atoms with Crippen LogP contribution in [0, 0.1) is 10.1 Å². The van der Waals surface area contributed by atoms with E-state index in [1.165, 1.54) is 18.2 Å². The molecule has 0 saturated carbocycles. The monoisotopic (exact) mass is 348 g/mol. The van der Waals surface area contributed by atoms with Gasteiger partial charge in [0.15, 0.2) is 5.75 Å². The summed E-state index contributed by atoms with van der Waals surface area (Å²) in [4.78, 5) is 50.0. The minimum Gasteiger partial charge on any atom is -0.423 e. The molecule has 1 saturated heterocycles. The molecule has 0 N–H and O–H groups in total. The summed E-state index contributed by atoms with van der Waals surface area (Å²) >= 11 is 0. The molecule has 2 amide bonds. The maximum Gasteiger partial charge on any atom is 0.331 e. The Balaban J connectivity index is 1.73. The van der Waals surface area contributed by atoms with Gasteiger partial charge in [0.2, 0.25) is 12.3 Å². The van der Waals surface area contributed by atoms with Crippen LogP contribution < -0.4 is 9.64 Å². The fourth-order valence-corrected chi connectivity index (χ4v) is 2.84. The molecule has 0 unspecified atom stereocenters. The molecule has 1 fully saturated rings. The number of nitro benzene ring substituents is 1. The molecule has 0 aromatic heterocycles. The number of benzene rings is 1. The van der Waals surface area contributed by atoms with Crippen molar-refractivity contribution in [3.05, 3.63) is 28.3 Å². The number of piperazine rings is 1. The number of carbonyl (C=O) groups excluding carboxylic acids is 3. The van der Waals surface area contributed by atoms with E-state index in [1.54, 1.807) is 14.7 Å². The van der Waals surface area contributed by atoms with E-state index in [2.05, 4.69) is 0 Å². The molecule has 2 heterocycles. The number of non-ortho nitro benzene ring substituents is 1. The Bertz CT molecular complexity index is 729. The molecule has 0 radical (unpaired) electrons. The second-order valence-corrected chi connectivity index (χ2v) is 5.76. The maximum absolute atomic E-state index is 12.5. The molecule has 0 spiro atoms. The summed E-state index contributed by atoms with van der Waals surface area (Å²) in [6.07, 6.45) is 0.756. The lowest BCUT2D eigenvalue weighted by Crippen LogP contribution is -2.51. The highest BCUT2D eigenvalue weighted by molar-refractivity contribution is 5.89. The summed E-state index contributed by atoms with van der Waals surface area (Å²) < 4.78 is 5.05. The van der Waals surface area contributed by atoms with Crippen molar-refractivity contribution in [2.24, 2.45) is 0 Å². The van der Waals surface area contributed by atoms with Crippen molar-refractivity contribution in [3.8, 4) is 5.75 Å². The Kier molecular flexibility index (Phi) is 4.50. The topological polar surface area (TPSA) is 113 Å². The fraction of sp³-hybridized carbons (Fsp3) is 0.400. The van der Waals surface area contributed by atoms with Gasteiger partial charge in [0.1, 0.15) is 6.54 Å². The van der Waals surface area contributed by atoms with Crippen LogP contribution in [0.5, 0.6) is 5.75 Å². The van der Waals surface area contributed by atoms with Gasteiger partial charge in [-0.15, -0.1) is 0 Å². The first-order valence-electron chi connectivity index (χ1n) is 7.69. The number of nitrogens with zero attached hydrogens (tertiary/aromatic N) is 4. The van der Waals surface area contributed by atoms with Crippen LogP contribution in [0.15, 0.2) is 18.2 Å². The maximum atomic E-state index is 12.5. The van der Waals surface area contributed by atoms with Crippen molar-refractivity contribution < 1.29 is 24.0 Å². The van der Waals surface area contributed by atoms with E-state index >= 15 is 0 Å². The highest BCUT2D eigenvalue weighted by atomic mass is 16.6. The lowest BCUT2D eigenvalue weighted by molar-refractivity contribution is -0.384. The number of rotatable bonds is 4. The molecule has 1 aromatic carbocycles. The molecular formula is C15H16N4O6. The molecule has 0 aliphatic carbocycles. The Morgan fingerprint density at radius 3 is 2.64 bits per heavy atom. The van der Waals surface area contributed by atoms with Gasteiger partial charge in [-0.25, -0.2) is 4.79 Å². The first-order chi connectivity index (χ1) is 12.0. The lowest BCUT2D eigenvalue weighted by Gasteiger charge is -2.35. The standard InChI is InChI=1S/C15H16N4O6/c20-10-16-3-5-17(6-4-16)14(21)8-18-9-15(22)25-13-7-11(19(23)24)1-2-12(13)18/h1-2,7,10H,3-6,8-9H2. The van der Waals surface area contributed by atoms with Gasteiger partial charge in [0.25, 0.3) is 5.69 Å². The molecule has 132 valence electrons. The summed E-state index contributed by atoms with van der Waals surface area (Å²) in [7, 11) is 0. The van der Waals surface area contributed by atoms with E-state index in [1.807, 2.05) is 0 Å². The van der Waals surface area contributed by atoms with Crippen LogP contribution in [0.4, 0.5) is 11.4 Å². The molecule has 1 aromatic rings. The SMILES string of the molecule is O=CN1CCN(C(=O)CN2CC(=O)Oc3cc([N+](=O)[O-])ccc32)CC1. The van der Waals surface area contributed by atoms with E-state index in [4.69, 9.17) is 4.74 Å². The smallest absolute Gasteiger partial charge is 0.331 e. The third-order valence-corrected chi connectivity index (χ3v) is 4.18. The number of amides is 2. The zero-order chi connectivity index (χ0) is 18.0. The van der Waals surface area contributed by atoms with Crippen molar-refractivity contribution in [2.75, 3.05) is 44.2 Å². The van der Waals surface area contributed by atoms with Gasteiger partial charge in [0, 0.05) is 32.2 Å². The first kappa shape index (κ1) is 16.7. The van der Waals surface area contributed by atoms with E-state index in [-0.39, 0.29) is 30.4 Å². The van der Waals surface area contributed by atoms with Crippen LogP contribution in [0.1, 0.15) is 0 Å². The highest BCUT2D eigenvalue weighted by Gasteiger charge is 2.29. The summed E-state index contributed by atoms with van der Waals surface area (Å²) in [5.74, 6) is -0.680. The van der Waals surface area contributed by atoms with Crippen LogP contribution >= 0.6 is 0 Å². The Morgan fingerprint density at radius 2 is 2.00 bits per heavy atom. The molecule has 2 aliphatic heterocycles. The van der Waals surface area contributed by atoms with Gasteiger partial charge in [-0.2, -0.15) is 0 Å². The zero-order valence-corrected chi connectivity index (χ0v) is 13.3. The predicted octanol–water partition coefficient (Wildman–Crippen LogP) is -0.379. The number of carbonyl (C=O) groups is 3. The third kappa shape index (κ3) is 3.52. The molecule has 0 atom stereocenters. The number of hydrogen-bond donors (Lipinski definition) is 0. The fourth-order valence-electron chi connectivity index (χ4n) is 2.84. The van der Waals surface area contributed by atoms with Crippen LogP contribution in [-0.2, 0) is 14.4 Å². The second-order valence-electron chi connectivity index (χ2n) is 5.76. The first-order valence-corrected chi connectivity index (χ1v) is 7.69. The Morgan fingerprint density at radius 1 is 1.28 bits per heavy atom. The average molecular weight is 348 g/mol. The molecule has 10 heteroatoms. The molecule has 2 aliphatic rings. The molecule has 10 nitrogen and oxygen atoms in total. The highest BCUT2D eigenvalue weighted by Crippen LogP contribution is 2.35. The quantitative estimate of drug-likeness (QED) is 0.240. The van der Waals surface area contributed by atoms with Gasteiger partial charge in [-0.3, -0.25) is 19.7 Å². The van der Waals surface area contributed by atoms with Crippen LogP contribution in [-0.4, -0.2) is 72.3 Å². The Hall–Kier alpha value is -3.17. The van der Waals surface area contributed by atoms with Crippen LogP contribution in [0.3, 0.4) is 0 Å². The van der Waals surface area contributed by atoms with Crippen molar-refractivity contribution in [2.45, 2.75) is 0 Å². The van der Waals surface area contributed by atoms with Crippen LogP contribution in [0.25, 0.3) is 0 Å². The van der Waals surface area contributed by atoms with Gasteiger partial charge in [0.05, 0.1) is 23.2 Å². The van der Waals surface area contributed by atoms with Crippen molar-refractivity contribution in [1.29, 1.82) is 0 Å². The lowest BCUT2D eigenvalue weighted by atomic mass is 10.2. The summed E-state index contributed by atoms with van der Waals surface area (Å²) in [5.41, 5.74) is 0.273. The van der Waals surface area contributed by atoms with Gasteiger partial charge < -0.3 is 19.4 Å². The second kappa shape index (κ2) is 6.75. The van der Waals surface area contributed by atoms with E-state index in [9.17, 15) is 24.5 Å². The normalized spacial score (nSPS) is 17.0. The summed E-state index contributed by atoms with van der Waals surface area (Å²) in [6, 6.07) is 3.95. The van der Waals surface area contributed by atoms with Crippen molar-refractivity contribution in [3.63, 3.8) is 0 Å². The number of ether oxygens (including phenoxy) is 1. The van der Waals surface area contributed by atoms with Crippen molar-refractivity contribution in [1.82, 2.24) is 9.80 Å². The minimum atomic E-state index is -0.579. The number of fused-ring (bicyclic) bond motifs is 1. The van der Waals surface area contributed by atoms with Gasteiger partial charge in [-0.1, -0.05) is 0 Å². The summed E-state index contributed by atoms with van der Waals surface area (Å²) in [5, 5.41) is 10.8. The number of nitro groups is 1.